The SMILES string of the molecule is O=C(O)CNC(=O)[C@H](CO)NC(=O)CN=Cc1ccccc1O. The first-order chi connectivity index (χ1) is 10.9. The van der Waals surface area contributed by atoms with Gasteiger partial charge in [0.1, 0.15) is 24.9 Å². The molecule has 9 heteroatoms. The molecule has 0 heterocycles. The van der Waals surface area contributed by atoms with E-state index in [0.29, 0.717) is 5.56 Å². The summed E-state index contributed by atoms with van der Waals surface area (Å²) in [5.41, 5.74) is 0.429. The summed E-state index contributed by atoms with van der Waals surface area (Å²) in [6.07, 6.45) is 1.30. The van der Waals surface area contributed by atoms with E-state index in [2.05, 4.69) is 10.3 Å². The molecule has 0 unspecified atom stereocenters. The lowest BCUT2D eigenvalue weighted by Crippen LogP contribution is -2.50. The Hall–Kier alpha value is -2.94. The Balaban J connectivity index is 2.49. The van der Waals surface area contributed by atoms with Crippen molar-refractivity contribution in [2.75, 3.05) is 19.7 Å². The quantitative estimate of drug-likeness (QED) is 0.367. The van der Waals surface area contributed by atoms with Gasteiger partial charge in [0.25, 0.3) is 0 Å². The lowest BCUT2D eigenvalue weighted by Gasteiger charge is -2.14. The predicted molar refractivity (Wildman–Crippen MR) is 80.2 cm³/mol. The van der Waals surface area contributed by atoms with Gasteiger partial charge in [0.2, 0.25) is 11.8 Å². The Morgan fingerprint density at radius 3 is 2.57 bits per heavy atom. The number of rotatable bonds is 8. The first kappa shape index (κ1) is 18.1. The molecule has 0 aliphatic carbocycles. The zero-order valence-corrected chi connectivity index (χ0v) is 12.1. The largest absolute Gasteiger partial charge is 0.507 e. The fourth-order valence-electron chi connectivity index (χ4n) is 1.54. The van der Waals surface area contributed by atoms with E-state index in [1.807, 2.05) is 5.32 Å². The molecule has 23 heavy (non-hydrogen) atoms. The first-order valence-corrected chi connectivity index (χ1v) is 6.61. The van der Waals surface area contributed by atoms with E-state index in [1.165, 1.54) is 12.3 Å². The lowest BCUT2D eigenvalue weighted by atomic mass is 10.2. The number of aliphatic hydroxyl groups is 1. The van der Waals surface area contributed by atoms with E-state index in [1.54, 1.807) is 18.2 Å². The van der Waals surface area contributed by atoms with E-state index < -0.39 is 37.0 Å². The molecular weight excluding hydrogens is 306 g/mol. The van der Waals surface area contributed by atoms with Crippen LogP contribution in [-0.4, -0.2) is 65.1 Å². The fourth-order valence-corrected chi connectivity index (χ4v) is 1.54. The number of carbonyl (C=O) groups excluding carboxylic acids is 2. The molecule has 0 radical (unpaired) electrons. The van der Waals surface area contributed by atoms with Crippen molar-refractivity contribution in [3.05, 3.63) is 29.8 Å². The maximum Gasteiger partial charge on any atom is 0.322 e. The number of hydrogen-bond donors (Lipinski definition) is 5. The van der Waals surface area contributed by atoms with Gasteiger partial charge >= 0.3 is 5.97 Å². The lowest BCUT2D eigenvalue weighted by molar-refractivity contribution is -0.138. The summed E-state index contributed by atoms with van der Waals surface area (Å²) in [4.78, 5) is 37.3. The molecule has 1 aromatic rings. The summed E-state index contributed by atoms with van der Waals surface area (Å²) in [6, 6.07) is 5.14. The number of aromatic hydroxyl groups is 1. The minimum Gasteiger partial charge on any atom is -0.507 e. The van der Waals surface area contributed by atoms with Crippen LogP contribution in [0, 0.1) is 0 Å². The van der Waals surface area contributed by atoms with Gasteiger partial charge in [0, 0.05) is 11.8 Å². The van der Waals surface area contributed by atoms with Gasteiger partial charge in [-0.3, -0.25) is 19.4 Å². The number of nitrogens with zero attached hydrogens (tertiary/aromatic N) is 1. The Morgan fingerprint density at radius 1 is 1.26 bits per heavy atom. The monoisotopic (exact) mass is 323 g/mol. The maximum absolute atomic E-state index is 11.6. The third kappa shape index (κ3) is 6.57. The number of aliphatic carboxylic acids is 1. The Labute approximate surface area is 131 Å². The van der Waals surface area contributed by atoms with Crippen LogP contribution in [0.2, 0.25) is 0 Å². The summed E-state index contributed by atoms with van der Waals surface area (Å²) < 4.78 is 0. The van der Waals surface area contributed by atoms with Gasteiger partial charge in [0.05, 0.1) is 6.61 Å². The molecule has 0 fully saturated rings. The number of nitrogens with one attached hydrogen (secondary N) is 2. The molecule has 0 aromatic heterocycles. The van der Waals surface area contributed by atoms with Crippen molar-refractivity contribution < 1.29 is 29.7 Å². The molecule has 0 aliphatic heterocycles. The molecule has 1 atom stereocenters. The molecule has 124 valence electrons. The number of carboxylic acid groups (broad SMARTS) is 1. The highest BCUT2D eigenvalue weighted by molar-refractivity contribution is 5.91. The summed E-state index contributed by atoms with van der Waals surface area (Å²) in [5, 5.41) is 31.3. The molecule has 1 aromatic carbocycles. The van der Waals surface area contributed by atoms with Gasteiger partial charge in [0.15, 0.2) is 0 Å². The van der Waals surface area contributed by atoms with E-state index >= 15 is 0 Å². The summed E-state index contributed by atoms with van der Waals surface area (Å²) >= 11 is 0. The number of para-hydroxylation sites is 1. The van der Waals surface area contributed by atoms with Crippen molar-refractivity contribution in [2.45, 2.75) is 6.04 Å². The van der Waals surface area contributed by atoms with Crippen LogP contribution in [0.3, 0.4) is 0 Å². The molecule has 0 bridgehead atoms. The Bertz CT molecular complexity index is 602. The van der Waals surface area contributed by atoms with Crippen LogP contribution < -0.4 is 10.6 Å². The van der Waals surface area contributed by atoms with Crippen molar-refractivity contribution in [2.24, 2.45) is 4.99 Å². The highest BCUT2D eigenvalue weighted by atomic mass is 16.4. The van der Waals surface area contributed by atoms with Crippen molar-refractivity contribution in [1.29, 1.82) is 0 Å². The van der Waals surface area contributed by atoms with Crippen LogP contribution in [0.5, 0.6) is 5.75 Å². The second kappa shape index (κ2) is 9.15. The number of benzene rings is 1. The number of carboxylic acids is 1. The number of amides is 2. The molecule has 0 saturated heterocycles. The van der Waals surface area contributed by atoms with E-state index in [9.17, 15) is 19.5 Å². The van der Waals surface area contributed by atoms with Crippen molar-refractivity contribution >= 4 is 24.0 Å². The van der Waals surface area contributed by atoms with E-state index in [4.69, 9.17) is 10.2 Å². The number of aliphatic imine (C=N–C) groups is 1. The molecule has 1 rings (SSSR count). The number of phenolic OH excluding ortho intramolecular Hbond substituents is 1. The van der Waals surface area contributed by atoms with Crippen LogP contribution in [0.1, 0.15) is 5.56 Å². The summed E-state index contributed by atoms with van der Waals surface area (Å²) in [6.45, 7) is -1.62. The summed E-state index contributed by atoms with van der Waals surface area (Å²) in [5.74, 6) is -2.68. The predicted octanol–water partition coefficient (Wildman–Crippen LogP) is -1.51. The van der Waals surface area contributed by atoms with Gasteiger partial charge < -0.3 is 26.0 Å². The average molecular weight is 323 g/mol. The second-order valence-corrected chi connectivity index (χ2v) is 4.44. The van der Waals surface area contributed by atoms with Crippen LogP contribution in [-0.2, 0) is 14.4 Å². The van der Waals surface area contributed by atoms with E-state index in [-0.39, 0.29) is 12.3 Å². The Morgan fingerprint density at radius 2 is 1.96 bits per heavy atom. The van der Waals surface area contributed by atoms with Crippen LogP contribution in [0.4, 0.5) is 0 Å². The normalized spacial score (nSPS) is 11.9. The minimum absolute atomic E-state index is 0.0120. The van der Waals surface area contributed by atoms with Crippen LogP contribution >= 0.6 is 0 Å². The summed E-state index contributed by atoms with van der Waals surface area (Å²) in [7, 11) is 0. The molecule has 0 saturated carbocycles. The zero-order valence-electron chi connectivity index (χ0n) is 12.1. The molecule has 9 nitrogen and oxygen atoms in total. The van der Waals surface area contributed by atoms with Gasteiger partial charge in [-0.15, -0.1) is 0 Å². The van der Waals surface area contributed by atoms with E-state index in [0.717, 1.165) is 0 Å². The first-order valence-electron chi connectivity index (χ1n) is 6.61. The topological polar surface area (TPSA) is 148 Å². The molecular formula is C14H17N3O6. The van der Waals surface area contributed by atoms with Gasteiger partial charge in [-0.25, -0.2) is 0 Å². The molecule has 2 amide bonds. The number of aliphatic hydroxyl groups excluding tert-OH is 1. The van der Waals surface area contributed by atoms with Crippen molar-refractivity contribution in [3.8, 4) is 5.75 Å². The maximum atomic E-state index is 11.6. The number of carbonyl (C=O) groups is 3. The van der Waals surface area contributed by atoms with Gasteiger partial charge in [-0.05, 0) is 12.1 Å². The van der Waals surface area contributed by atoms with Crippen molar-refractivity contribution in [1.82, 2.24) is 10.6 Å². The van der Waals surface area contributed by atoms with Crippen LogP contribution in [0.15, 0.2) is 29.3 Å². The third-order valence-corrected chi connectivity index (χ3v) is 2.65. The zero-order chi connectivity index (χ0) is 17.2. The standard InChI is InChI=1S/C14H17N3O6/c18-8-10(14(23)16-7-13(21)22)17-12(20)6-15-5-9-3-1-2-4-11(9)19/h1-5,10,18-19H,6-8H2,(H,16,23)(H,17,20)(H,21,22)/t10-/m0/s1. The van der Waals surface area contributed by atoms with Gasteiger partial charge in [-0.1, -0.05) is 12.1 Å². The average Bonchev–Trinajstić information content (AvgIpc) is 2.52. The number of hydrogen-bond acceptors (Lipinski definition) is 6. The molecule has 0 spiro atoms. The smallest absolute Gasteiger partial charge is 0.322 e. The molecule has 0 aliphatic rings. The van der Waals surface area contributed by atoms with Gasteiger partial charge in [-0.2, -0.15) is 0 Å². The highest BCUT2D eigenvalue weighted by Crippen LogP contribution is 2.12. The van der Waals surface area contributed by atoms with Crippen molar-refractivity contribution in [3.63, 3.8) is 0 Å². The second-order valence-electron chi connectivity index (χ2n) is 4.44. The third-order valence-electron chi connectivity index (χ3n) is 2.65. The Kier molecular flexibility index (Phi) is 7.21. The molecule has 5 N–H and O–H groups in total. The highest BCUT2D eigenvalue weighted by Gasteiger charge is 2.19. The van der Waals surface area contributed by atoms with Crippen LogP contribution in [0.25, 0.3) is 0 Å². The fraction of sp³-hybridized carbons (Fsp3) is 0.286. The minimum atomic E-state index is -1.26. The number of phenols is 1.